The highest BCUT2D eigenvalue weighted by Gasteiger charge is 2.31. The first-order valence-corrected chi connectivity index (χ1v) is 7.22. The van der Waals surface area contributed by atoms with Gasteiger partial charge < -0.3 is 15.8 Å². The van der Waals surface area contributed by atoms with Crippen molar-refractivity contribution in [3.05, 3.63) is 39.9 Å². The van der Waals surface area contributed by atoms with Crippen molar-refractivity contribution in [2.24, 2.45) is 5.73 Å². The number of esters is 1. The molecular weight excluding hydrogens is 318 g/mol. The first-order chi connectivity index (χ1) is 11.3. The third-order valence-electron chi connectivity index (χ3n) is 3.29. The maximum Gasteiger partial charge on any atom is 0.306 e. The van der Waals surface area contributed by atoms with Gasteiger partial charge in [0.2, 0.25) is 11.8 Å². The maximum atomic E-state index is 11.8. The summed E-state index contributed by atoms with van der Waals surface area (Å²) < 4.78 is 4.88. The van der Waals surface area contributed by atoms with Gasteiger partial charge in [-0.3, -0.25) is 24.5 Å². The summed E-state index contributed by atoms with van der Waals surface area (Å²) in [5, 5.41) is 13.1. The zero-order valence-corrected chi connectivity index (χ0v) is 13.4. The Bertz CT molecular complexity index is 629. The number of nitrogens with two attached hydrogens (primary N) is 1. The lowest BCUT2D eigenvalue weighted by Gasteiger charge is -2.25. The average Bonchev–Trinajstić information content (AvgIpc) is 2.50. The Morgan fingerprint density at radius 3 is 2.29 bits per heavy atom. The van der Waals surface area contributed by atoms with E-state index in [1.807, 2.05) is 0 Å². The quantitative estimate of drug-likeness (QED) is 0.404. The van der Waals surface area contributed by atoms with Gasteiger partial charge in [0.25, 0.3) is 5.69 Å². The van der Waals surface area contributed by atoms with Crippen LogP contribution in [0.5, 0.6) is 0 Å². The molecule has 0 fully saturated rings. The fourth-order valence-corrected chi connectivity index (χ4v) is 2.26. The van der Waals surface area contributed by atoms with Crippen LogP contribution in [-0.4, -0.2) is 35.4 Å². The summed E-state index contributed by atoms with van der Waals surface area (Å²) in [6, 6.07) is 4.19. The monoisotopic (exact) mass is 337 g/mol. The number of nitro benzene ring substituents is 1. The molecule has 0 spiro atoms. The molecule has 0 radical (unpaired) electrons. The Balaban J connectivity index is 3.19. The van der Waals surface area contributed by atoms with E-state index in [-0.39, 0.29) is 18.7 Å². The second-order valence-electron chi connectivity index (χ2n) is 5.04. The van der Waals surface area contributed by atoms with Crippen molar-refractivity contribution >= 4 is 23.5 Å². The minimum Gasteiger partial charge on any atom is -0.466 e. The van der Waals surface area contributed by atoms with Gasteiger partial charge in [-0.2, -0.15) is 0 Å². The summed E-state index contributed by atoms with van der Waals surface area (Å²) in [6.07, 6.45) is -0.209. The minimum atomic E-state index is -1.15. The molecule has 2 atom stereocenters. The number of hydrogen-bond donors (Lipinski definition) is 2. The smallest absolute Gasteiger partial charge is 0.306 e. The second kappa shape index (κ2) is 8.61. The molecule has 0 heterocycles. The topological polar surface area (TPSA) is 142 Å². The van der Waals surface area contributed by atoms with Crippen molar-refractivity contribution < 1.29 is 24.0 Å². The van der Waals surface area contributed by atoms with Gasteiger partial charge in [0, 0.05) is 25.0 Å². The summed E-state index contributed by atoms with van der Waals surface area (Å²) in [4.78, 5) is 45.0. The number of carbonyl (C=O) groups is 3. The molecule has 0 aliphatic rings. The number of nitro groups is 1. The van der Waals surface area contributed by atoms with Crippen LogP contribution in [0.4, 0.5) is 5.69 Å². The molecule has 9 nitrogen and oxygen atoms in total. The number of rotatable bonds is 8. The molecule has 24 heavy (non-hydrogen) atoms. The molecule has 1 aromatic carbocycles. The molecule has 130 valence electrons. The van der Waals surface area contributed by atoms with E-state index < -0.39 is 34.7 Å². The Hall–Kier alpha value is -2.97. The molecule has 3 N–H and O–H groups in total. The molecule has 1 aromatic rings. The first kappa shape index (κ1) is 19.1. The molecule has 1 rings (SSSR count). The number of nitrogens with zero attached hydrogens (tertiary/aromatic N) is 1. The lowest BCUT2D eigenvalue weighted by Crippen LogP contribution is -2.48. The van der Waals surface area contributed by atoms with Crippen LogP contribution >= 0.6 is 0 Å². The minimum absolute atomic E-state index is 0.135. The van der Waals surface area contributed by atoms with E-state index in [0.29, 0.717) is 5.56 Å². The van der Waals surface area contributed by atoms with Crippen molar-refractivity contribution in [2.45, 2.75) is 32.2 Å². The van der Waals surface area contributed by atoms with E-state index in [4.69, 9.17) is 10.5 Å². The van der Waals surface area contributed by atoms with Gasteiger partial charge in [-0.1, -0.05) is 12.1 Å². The number of hydrogen-bond acceptors (Lipinski definition) is 6. The van der Waals surface area contributed by atoms with Crippen molar-refractivity contribution in [1.29, 1.82) is 0 Å². The van der Waals surface area contributed by atoms with E-state index >= 15 is 0 Å². The van der Waals surface area contributed by atoms with E-state index in [1.54, 1.807) is 6.92 Å². The molecule has 0 unspecified atom stereocenters. The van der Waals surface area contributed by atoms with E-state index in [0.717, 1.165) is 0 Å². The number of amides is 2. The largest absolute Gasteiger partial charge is 0.466 e. The van der Waals surface area contributed by atoms with Crippen molar-refractivity contribution in [3.8, 4) is 0 Å². The molecule has 9 heteroatoms. The van der Waals surface area contributed by atoms with E-state index in [2.05, 4.69) is 5.32 Å². The summed E-state index contributed by atoms with van der Waals surface area (Å²) in [7, 11) is 0. The Morgan fingerprint density at radius 1 is 1.29 bits per heavy atom. The van der Waals surface area contributed by atoms with Crippen molar-refractivity contribution in [2.75, 3.05) is 6.61 Å². The number of non-ortho nitro benzene ring substituents is 1. The predicted octanol–water partition coefficient (Wildman–Crippen LogP) is 0.622. The molecule has 0 aromatic heterocycles. The second-order valence-corrected chi connectivity index (χ2v) is 5.04. The Morgan fingerprint density at radius 2 is 1.88 bits per heavy atom. The molecular formula is C15H19N3O6. The molecule has 0 bridgehead atoms. The molecule has 0 aliphatic carbocycles. The van der Waals surface area contributed by atoms with Crippen LogP contribution in [0.25, 0.3) is 0 Å². The first-order valence-electron chi connectivity index (χ1n) is 7.22. The van der Waals surface area contributed by atoms with Gasteiger partial charge in [0.1, 0.15) is 6.04 Å². The third-order valence-corrected chi connectivity index (χ3v) is 3.29. The van der Waals surface area contributed by atoms with Gasteiger partial charge in [0.15, 0.2) is 0 Å². The van der Waals surface area contributed by atoms with Gasteiger partial charge in [-0.25, -0.2) is 0 Å². The van der Waals surface area contributed by atoms with Gasteiger partial charge >= 0.3 is 5.97 Å². The summed E-state index contributed by atoms with van der Waals surface area (Å²) in [5.41, 5.74) is 5.65. The van der Waals surface area contributed by atoms with Crippen LogP contribution in [0.2, 0.25) is 0 Å². The fraction of sp³-hybridized carbons (Fsp3) is 0.400. The van der Waals surface area contributed by atoms with E-state index in [1.165, 1.54) is 31.2 Å². The number of ether oxygens (including phenoxy) is 1. The summed E-state index contributed by atoms with van der Waals surface area (Å²) in [6.45, 7) is 3.01. The van der Waals surface area contributed by atoms with Crippen LogP contribution < -0.4 is 11.1 Å². The highest BCUT2D eigenvalue weighted by atomic mass is 16.6. The number of primary amides is 1. The Labute approximate surface area is 138 Å². The van der Waals surface area contributed by atoms with Gasteiger partial charge in [-0.05, 0) is 12.5 Å². The SMILES string of the molecule is CCOC(=O)C[C@@H](c1ccc([N+](=O)[O-])cc1)[C@@H](NC(C)=O)C(N)=O. The lowest BCUT2D eigenvalue weighted by atomic mass is 9.87. The van der Waals surface area contributed by atoms with Crippen LogP contribution in [-0.2, 0) is 19.1 Å². The van der Waals surface area contributed by atoms with Crippen LogP contribution in [0.15, 0.2) is 24.3 Å². The zero-order valence-electron chi connectivity index (χ0n) is 13.4. The standard InChI is InChI=1S/C15H19N3O6/c1-3-24-13(20)8-12(14(15(16)21)17-9(2)19)10-4-6-11(7-5-10)18(22)23/h4-7,12,14H,3,8H2,1-2H3,(H2,16,21)(H,17,19)/t12-,14+/m0/s1. The zero-order chi connectivity index (χ0) is 18.3. The van der Waals surface area contributed by atoms with Crippen LogP contribution in [0, 0.1) is 10.1 Å². The molecule has 0 saturated carbocycles. The highest BCUT2D eigenvalue weighted by Crippen LogP contribution is 2.26. The summed E-state index contributed by atoms with van der Waals surface area (Å²) >= 11 is 0. The number of carbonyl (C=O) groups excluding carboxylic acids is 3. The normalized spacial score (nSPS) is 12.8. The maximum absolute atomic E-state index is 11.8. The molecule has 0 saturated heterocycles. The fourth-order valence-electron chi connectivity index (χ4n) is 2.26. The van der Waals surface area contributed by atoms with Crippen LogP contribution in [0.3, 0.4) is 0 Å². The van der Waals surface area contributed by atoms with Gasteiger partial charge in [-0.15, -0.1) is 0 Å². The van der Waals surface area contributed by atoms with E-state index in [9.17, 15) is 24.5 Å². The lowest BCUT2D eigenvalue weighted by molar-refractivity contribution is -0.384. The predicted molar refractivity (Wildman–Crippen MR) is 83.9 cm³/mol. The third kappa shape index (κ3) is 5.34. The van der Waals surface area contributed by atoms with Crippen molar-refractivity contribution in [1.82, 2.24) is 5.32 Å². The average molecular weight is 337 g/mol. The molecule has 2 amide bonds. The van der Waals surface area contributed by atoms with Crippen LogP contribution in [0.1, 0.15) is 31.7 Å². The number of nitrogens with one attached hydrogen (secondary N) is 1. The van der Waals surface area contributed by atoms with Gasteiger partial charge in [0.05, 0.1) is 18.0 Å². The number of benzene rings is 1. The Kier molecular flexibility index (Phi) is 6.84. The molecule has 0 aliphatic heterocycles. The highest BCUT2D eigenvalue weighted by molar-refractivity contribution is 5.87. The summed E-state index contributed by atoms with van der Waals surface area (Å²) in [5.74, 6) is -2.68. The van der Waals surface area contributed by atoms with Crippen molar-refractivity contribution in [3.63, 3.8) is 0 Å².